The van der Waals surface area contributed by atoms with E-state index in [0.29, 0.717) is 35.6 Å². The molecular weight excluding hydrogens is 386 g/mol. The fourth-order valence-corrected chi connectivity index (χ4v) is 4.10. The molecule has 0 spiro atoms. The van der Waals surface area contributed by atoms with Crippen molar-refractivity contribution in [3.8, 4) is 12.3 Å². The summed E-state index contributed by atoms with van der Waals surface area (Å²) < 4.78 is 0. The zero-order valence-electron chi connectivity index (χ0n) is 16.3. The van der Waals surface area contributed by atoms with Crippen LogP contribution in [0.3, 0.4) is 0 Å². The molecular formula is C22H23N3O3S. The van der Waals surface area contributed by atoms with Crippen LogP contribution in [-0.2, 0) is 9.59 Å². The summed E-state index contributed by atoms with van der Waals surface area (Å²) in [5, 5.41) is 4.63. The second kappa shape index (κ2) is 9.39. The van der Waals surface area contributed by atoms with Gasteiger partial charge in [0.15, 0.2) is 0 Å². The quantitative estimate of drug-likeness (QED) is 0.772. The molecule has 6 nitrogen and oxygen atoms in total. The molecule has 1 aromatic heterocycles. The van der Waals surface area contributed by atoms with Crippen LogP contribution in [0, 0.1) is 18.3 Å². The van der Waals surface area contributed by atoms with E-state index in [-0.39, 0.29) is 30.2 Å². The molecule has 0 aliphatic carbocycles. The fourth-order valence-electron chi connectivity index (χ4n) is 3.41. The van der Waals surface area contributed by atoms with Crippen LogP contribution >= 0.6 is 11.3 Å². The maximum absolute atomic E-state index is 12.8. The zero-order valence-corrected chi connectivity index (χ0v) is 17.1. The molecule has 2 aromatic rings. The van der Waals surface area contributed by atoms with Gasteiger partial charge in [0.25, 0.3) is 5.91 Å². The van der Waals surface area contributed by atoms with Crippen molar-refractivity contribution < 1.29 is 14.4 Å². The highest BCUT2D eigenvalue weighted by molar-refractivity contribution is 7.12. The van der Waals surface area contributed by atoms with E-state index < -0.39 is 0 Å². The van der Waals surface area contributed by atoms with E-state index in [1.165, 1.54) is 16.2 Å². The summed E-state index contributed by atoms with van der Waals surface area (Å²) in [6, 6.07) is 10.6. The number of anilines is 1. The number of likely N-dealkylation sites (tertiary alicyclic amines) is 1. The minimum absolute atomic E-state index is 0.0358. The number of thiophene rings is 1. The van der Waals surface area contributed by atoms with Gasteiger partial charge in [-0.05, 0) is 42.5 Å². The molecule has 3 amide bonds. The summed E-state index contributed by atoms with van der Waals surface area (Å²) in [5.41, 5.74) is 1.27. The second-order valence-electron chi connectivity index (χ2n) is 7.04. The number of benzene rings is 1. The van der Waals surface area contributed by atoms with Gasteiger partial charge in [-0.1, -0.05) is 18.1 Å². The van der Waals surface area contributed by atoms with Crippen LogP contribution in [0.5, 0.6) is 0 Å². The van der Waals surface area contributed by atoms with Crippen molar-refractivity contribution in [1.82, 2.24) is 9.80 Å². The van der Waals surface area contributed by atoms with Crippen molar-refractivity contribution in [1.29, 1.82) is 0 Å². The van der Waals surface area contributed by atoms with Crippen LogP contribution in [0.1, 0.15) is 28.1 Å². The Labute approximate surface area is 174 Å². The van der Waals surface area contributed by atoms with E-state index in [4.69, 9.17) is 6.42 Å². The normalized spacial score (nSPS) is 16.0. The number of hydrogen-bond donors (Lipinski definition) is 1. The Morgan fingerprint density at radius 3 is 2.86 bits per heavy atom. The van der Waals surface area contributed by atoms with Gasteiger partial charge in [-0.2, -0.15) is 0 Å². The maximum Gasteiger partial charge on any atom is 0.263 e. The van der Waals surface area contributed by atoms with Crippen LogP contribution in [0.15, 0.2) is 41.8 Å². The zero-order chi connectivity index (χ0) is 20.8. The number of terminal acetylenes is 1. The van der Waals surface area contributed by atoms with Gasteiger partial charge in [0.2, 0.25) is 11.8 Å². The first-order chi connectivity index (χ1) is 14.0. The van der Waals surface area contributed by atoms with Crippen LogP contribution < -0.4 is 5.32 Å². The Morgan fingerprint density at radius 1 is 1.31 bits per heavy atom. The van der Waals surface area contributed by atoms with Crippen LogP contribution in [0.2, 0.25) is 0 Å². The highest BCUT2D eigenvalue weighted by Crippen LogP contribution is 2.22. The third-order valence-corrected chi connectivity index (χ3v) is 5.72. The summed E-state index contributed by atoms with van der Waals surface area (Å²) in [6.07, 6.45) is 6.85. The van der Waals surface area contributed by atoms with Crippen molar-refractivity contribution in [2.24, 2.45) is 5.92 Å². The van der Waals surface area contributed by atoms with E-state index in [0.717, 1.165) is 6.42 Å². The summed E-state index contributed by atoms with van der Waals surface area (Å²) >= 11 is 1.40. The lowest BCUT2D eigenvalue weighted by atomic mass is 9.96. The van der Waals surface area contributed by atoms with E-state index in [1.54, 1.807) is 42.3 Å². The molecule has 1 aliphatic rings. The predicted octanol–water partition coefficient (Wildman–Crippen LogP) is 2.68. The number of amides is 3. The van der Waals surface area contributed by atoms with Gasteiger partial charge >= 0.3 is 0 Å². The van der Waals surface area contributed by atoms with Gasteiger partial charge in [-0.3, -0.25) is 14.4 Å². The average molecular weight is 410 g/mol. The fraction of sp³-hybridized carbons (Fsp3) is 0.318. The molecule has 29 heavy (non-hydrogen) atoms. The molecule has 1 N–H and O–H groups in total. The highest BCUT2D eigenvalue weighted by atomic mass is 32.1. The minimum atomic E-state index is -0.296. The van der Waals surface area contributed by atoms with E-state index >= 15 is 0 Å². The molecule has 1 aliphatic heterocycles. The van der Waals surface area contributed by atoms with Crippen LogP contribution in [-0.4, -0.2) is 54.2 Å². The molecule has 7 heteroatoms. The minimum Gasteiger partial charge on any atom is -0.337 e. The van der Waals surface area contributed by atoms with Gasteiger partial charge in [-0.25, -0.2) is 0 Å². The first-order valence-corrected chi connectivity index (χ1v) is 10.3. The van der Waals surface area contributed by atoms with Crippen LogP contribution in [0.4, 0.5) is 5.69 Å². The van der Waals surface area contributed by atoms with Gasteiger partial charge < -0.3 is 15.1 Å². The van der Waals surface area contributed by atoms with E-state index in [9.17, 15) is 14.4 Å². The summed E-state index contributed by atoms with van der Waals surface area (Å²) in [7, 11) is 1.61. The molecule has 0 bridgehead atoms. The summed E-state index contributed by atoms with van der Waals surface area (Å²) in [6.45, 7) is 0.969. The SMILES string of the molecule is C#Cc1cccc(NC(=O)CN(C)C(=O)C2CCCN(C(=O)c3cccs3)C2)c1. The molecule has 1 fully saturated rings. The third kappa shape index (κ3) is 5.24. The van der Waals surface area contributed by atoms with Gasteiger partial charge in [0.05, 0.1) is 17.3 Å². The first-order valence-electron chi connectivity index (χ1n) is 9.42. The molecule has 1 unspecified atom stereocenters. The number of carbonyl (C=O) groups is 3. The topological polar surface area (TPSA) is 69.7 Å². The summed E-state index contributed by atoms with van der Waals surface area (Å²) in [4.78, 5) is 41.5. The van der Waals surface area contributed by atoms with Crippen molar-refractivity contribution in [3.05, 3.63) is 52.2 Å². The number of nitrogens with one attached hydrogen (secondary N) is 1. The summed E-state index contributed by atoms with van der Waals surface area (Å²) in [5.74, 6) is 1.77. The van der Waals surface area contributed by atoms with Crippen molar-refractivity contribution in [3.63, 3.8) is 0 Å². The van der Waals surface area contributed by atoms with Crippen LogP contribution in [0.25, 0.3) is 0 Å². The average Bonchev–Trinajstić information content (AvgIpc) is 3.27. The van der Waals surface area contributed by atoms with Crippen molar-refractivity contribution in [2.75, 3.05) is 32.0 Å². The standard InChI is InChI=1S/C22H23N3O3S/c1-3-16-7-4-9-18(13-16)23-20(26)15-24(2)21(27)17-8-5-11-25(14-17)22(28)19-10-6-12-29-19/h1,4,6-7,9-10,12-13,17H,5,8,11,14-15H2,2H3,(H,23,26). The Morgan fingerprint density at radius 2 is 2.14 bits per heavy atom. The Hall–Kier alpha value is -3.11. The Kier molecular flexibility index (Phi) is 6.68. The number of hydrogen-bond acceptors (Lipinski definition) is 4. The number of likely N-dealkylation sites (N-methyl/N-ethyl adjacent to an activating group) is 1. The lowest BCUT2D eigenvalue weighted by Gasteiger charge is -2.33. The number of nitrogens with zero attached hydrogens (tertiary/aromatic N) is 2. The van der Waals surface area contributed by atoms with Gasteiger partial charge in [-0.15, -0.1) is 17.8 Å². The van der Waals surface area contributed by atoms with E-state index in [1.807, 2.05) is 11.4 Å². The van der Waals surface area contributed by atoms with E-state index in [2.05, 4.69) is 11.2 Å². The Balaban J connectivity index is 1.55. The number of rotatable bonds is 5. The lowest BCUT2D eigenvalue weighted by molar-refractivity contribution is -0.138. The third-order valence-electron chi connectivity index (χ3n) is 4.86. The molecule has 1 aromatic carbocycles. The lowest BCUT2D eigenvalue weighted by Crippen LogP contribution is -2.47. The number of carbonyl (C=O) groups excluding carboxylic acids is 3. The molecule has 0 saturated carbocycles. The second-order valence-corrected chi connectivity index (χ2v) is 7.98. The smallest absolute Gasteiger partial charge is 0.263 e. The Bertz CT molecular complexity index is 933. The van der Waals surface area contributed by atoms with Crippen molar-refractivity contribution >= 4 is 34.7 Å². The maximum atomic E-state index is 12.8. The first kappa shape index (κ1) is 20.6. The molecule has 1 saturated heterocycles. The molecule has 3 rings (SSSR count). The number of piperidine rings is 1. The molecule has 150 valence electrons. The van der Waals surface area contributed by atoms with Gasteiger partial charge in [0, 0.05) is 31.4 Å². The highest BCUT2D eigenvalue weighted by Gasteiger charge is 2.31. The molecule has 1 atom stereocenters. The van der Waals surface area contributed by atoms with Gasteiger partial charge in [0.1, 0.15) is 0 Å². The molecule has 2 heterocycles. The van der Waals surface area contributed by atoms with Crippen molar-refractivity contribution in [2.45, 2.75) is 12.8 Å². The predicted molar refractivity (Wildman–Crippen MR) is 114 cm³/mol. The largest absolute Gasteiger partial charge is 0.337 e. The molecule has 0 radical (unpaired) electrons. The monoisotopic (exact) mass is 409 g/mol.